The summed E-state index contributed by atoms with van der Waals surface area (Å²) < 4.78 is 2.74. The molecule has 0 N–H and O–H groups in total. The van der Waals surface area contributed by atoms with Gasteiger partial charge in [-0.15, -0.1) is 11.3 Å². The Hall–Kier alpha value is -6.62. The fourth-order valence-electron chi connectivity index (χ4n) is 11.8. The second-order valence-corrected chi connectivity index (χ2v) is 20.6. The van der Waals surface area contributed by atoms with Crippen molar-refractivity contribution in [3.8, 4) is 22.3 Å². The highest BCUT2D eigenvalue weighted by Crippen LogP contribution is 2.64. The second-order valence-electron chi connectivity index (χ2n) is 19.5. The summed E-state index contributed by atoms with van der Waals surface area (Å²) in [5, 5.41) is 1.32. The molecule has 0 saturated heterocycles. The van der Waals surface area contributed by atoms with Crippen molar-refractivity contribution in [2.45, 2.75) is 58.3 Å². The lowest BCUT2D eigenvalue weighted by Gasteiger charge is -2.43. The van der Waals surface area contributed by atoms with Gasteiger partial charge in [0.25, 0.3) is 6.71 Å². The number of benzene rings is 8. The Morgan fingerprint density at radius 2 is 1.14 bits per heavy atom. The number of hydrogen-bond acceptors (Lipinski definition) is 3. The maximum atomic E-state index is 2.63. The van der Waals surface area contributed by atoms with Crippen molar-refractivity contribution >= 4 is 78.0 Å². The first kappa shape index (κ1) is 37.0. The molecule has 0 amide bonds. The number of hydrogen-bond donors (Lipinski definition) is 0. The lowest BCUT2D eigenvalue weighted by molar-refractivity contribution is 0.590. The Labute approximate surface area is 375 Å². The van der Waals surface area contributed by atoms with Crippen molar-refractivity contribution in [3.63, 3.8) is 0 Å². The quantitative estimate of drug-likeness (QED) is 0.164. The van der Waals surface area contributed by atoms with Gasteiger partial charge in [0.2, 0.25) is 0 Å². The summed E-state index contributed by atoms with van der Waals surface area (Å²) in [7, 11) is 0. The van der Waals surface area contributed by atoms with Crippen LogP contribution in [0.4, 0.5) is 34.1 Å². The lowest BCUT2D eigenvalue weighted by atomic mass is 9.36. The molecule has 2 aliphatic carbocycles. The number of thiophene rings is 1. The number of aryl methyl sites for hydroxylation is 1. The molecule has 0 saturated carbocycles. The standard InChI is InChI=1S/C59H47BN2S/c1-35(2)37-24-29-43-44-34-54-45(33-49(44)59(48(43)32-37)46-20-12-10-18-41(46)42-19-11-13-21-47(42)59)56-57(63-54)60-50-22-14-15-23-51(50)61(40-27-25-38(26-28-40)58(4,5)6)52-30-36(3)31-53(55(52)60)62(56)39-16-8-7-9-17-39/h7-35H,1-6H3. The molecule has 3 heterocycles. The largest absolute Gasteiger partial charge is 0.311 e. The summed E-state index contributed by atoms with van der Waals surface area (Å²) in [6, 6.07) is 65.4. The minimum atomic E-state index is -0.430. The van der Waals surface area contributed by atoms with Gasteiger partial charge in [0.05, 0.1) is 11.1 Å². The first-order valence-corrected chi connectivity index (χ1v) is 23.4. The third-order valence-electron chi connectivity index (χ3n) is 14.6. The summed E-state index contributed by atoms with van der Waals surface area (Å²) in [5.41, 5.74) is 24.8. The monoisotopic (exact) mass is 826 g/mol. The van der Waals surface area contributed by atoms with Gasteiger partial charge in [0.1, 0.15) is 0 Å². The van der Waals surface area contributed by atoms with E-state index >= 15 is 0 Å². The van der Waals surface area contributed by atoms with E-state index in [1.807, 2.05) is 11.3 Å². The smallest absolute Gasteiger partial charge is 0.264 e. The lowest BCUT2D eigenvalue weighted by Crippen LogP contribution is -2.60. The molecule has 0 radical (unpaired) electrons. The van der Waals surface area contributed by atoms with Gasteiger partial charge in [-0.1, -0.05) is 150 Å². The maximum Gasteiger partial charge on any atom is 0.264 e. The van der Waals surface area contributed by atoms with E-state index in [2.05, 4.69) is 221 Å². The second kappa shape index (κ2) is 13.0. The number of para-hydroxylation sites is 2. The molecule has 13 rings (SSSR count). The van der Waals surface area contributed by atoms with Crippen molar-refractivity contribution in [2.75, 3.05) is 9.80 Å². The highest BCUT2D eigenvalue weighted by atomic mass is 32.1. The van der Waals surface area contributed by atoms with E-state index in [-0.39, 0.29) is 12.1 Å². The molecule has 2 aliphatic heterocycles. The van der Waals surface area contributed by atoms with Crippen LogP contribution in [0.25, 0.3) is 32.3 Å². The Morgan fingerprint density at radius 1 is 0.540 bits per heavy atom. The molecule has 2 nitrogen and oxygen atoms in total. The molecule has 302 valence electrons. The van der Waals surface area contributed by atoms with Gasteiger partial charge in [-0.2, -0.15) is 0 Å². The number of nitrogens with zero attached hydrogens (tertiary/aromatic N) is 2. The maximum absolute atomic E-state index is 2.63. The Morgan fingerprint density at radius 3 is 1.84 bits per heavy atom. The summed E-state index contributed by atoms with van der Waals surface area (Å²) >= 11 is 2.00. The topological polar surface area (TPSA) is 6.48 Å². The van der Waals surface area contributed by atoms with E-state index in [9.17, 15) is 0 Å². The van der Waals surface area contributed by atoms with Crippen LogP contribution in [0.5, 0.6) is 0 Å². The van der Waals surface area contributed by atoms with Crippen LogP contribution in [0.2, 0.25) is 0 Å². The van der Waals surface area contributed by atoms with Crippen LogP contribution < -0.4 is 25.5 Å². The fraction of sp³-hybridized carbons (Fsp3) is 0.153. The third kappa shape index (κ3) is 4.91. The zero-order valence-electron chi connectivity index (χ0n) is 36.6. The van der Waals surface area contributed by atoms with E-state index in [1.54, 1.807) is 0 Å². The molecular formula is C59H47BN2S. The van der Waals surface area contributed by atoms with E-state index in [0.717, 1.165) is 0 Å². The van der Waals surface area contributed by atoms with Crippen LogP contribution in [0.3, 0.4) is 0 Å². The summed E-state index contributed by atoms with van der Waals surface area (Å²) in [5.74, 6) is 0.420. The van der Waals surface area contributed by atoms with Crippen LogP contribution >= 0.6 is 11.3 Å². The highest BCUT2D eigenvalue weighted by molar-refractivity contribution is 7.33. The third-order valence-corrected chi connectivity index (χ3v) is 15.8. The zero-order chi connectivity index (χ0) is 42.5. The van der Waals surface area contributed by atoms with Gasteiger partial charge in [-0.3, -0.25) is 0 Å². The highest BCUT2D eigenvalue weighted by Gasteiger charge is 2.53. The van der Waals surface area contributed by atoms with Gasteiger partial charge in [0, 0.05) is 43.3 Å². The van der Waals surface area contributed by atoms with Gasteiger partial charge in [0.15, 0.2) is 0 Å². The molecule has 0 fully saturated rings. The molecule has 63 heavy (non-hydrogen) atoms. The first-order chi connectivity index (χ1) is 30.6. The van der Waals surface area contributed by atoms with Crippen LogP contribution in [0.15, 0.2) is 170 Å². The minimum absolute atomic E-state index is 0.0712. The number of rotatable bonds is 3. The summed E-state index contributed by atoms with van der Waals surface area (Å²) in [6.07, 6.45) is 0. The molecular weight excluding hydrogens is 780 g/mol. The molecule has 4 aliphatic rings. The summed E-state index contributed by atoms with van der Waals surface area (Å²) in [6.45, 7) is 13.9. The van der Waals surface area contributed by atoms with E-state index in [0.29, 0.717) is 5.92 Å². The predicted octanol–water partition coefficient (Wildman–Crippen LogP) is 14.1. The Bertz CT molecular complexity index is 3340. The predicted molar refractivity (Wildman–Crippen MR) is 270 cm³/mol. The molecule has 0 atom stereocenters. The van der Waals surface area contributed by atoms with Crippen LogP contribution in [0.1, 0.15) is 79.5 Å². The Kier molecular flexibility index (Phi) is 7.61. The average Bonchev–Trinajstić information content (AvgIpc) is 3.91. The molecule has 4 heteroatoms. The van der Waals surface area contributed by atoms with Crippen molar-refractivity contribution in [1.82, 2.24) is 0 Å². The number of anilines is 6. The molecule has 1 aromatic heterocycles. The van der Waals surface area contributed by atoms with Crippen LogP contribution in [0, 0.1) is 6.92 Å². The van der Waals surface area contributed by atoms with Gasteiger partial charge in [-0.25, -0.2) is 0 Å². The van der Waals surface area contributed by atoms with Gasteiger partial charge < -0.3 is 9.80 Å². The van der Waals surface area contributed by atoms with Gasteiger partial charge >= 0.3 is 0 Å². The molecule has 9 aromatic rings. The van der Waals surface area contributed by atoms with E-state index < -0.39 is 5.41 Å². The summed E-state index contributed by atoms with van der Waals surface area (Å²) in [4.78, 5) is 5.14. The fourth-order valence-corrected chi connectivity index (χ4v) is 13.1. The molecule has 8 aromatic carbocycles. The van der Waals surface area contributed by atoms with Crippen molar-refractivity contribution in [2.24, 2.45) is 0 Å². The SMILES string of the molecule is Cc1cc2c3c(c1)N(c1ccccc1)c1c(sc4cc5c(cc14)C1(c4ccccc4-c4ccccc41)c1cc(C(C)C)ccc1-5)B3c1ccccc1N2c1ccc(C(C)(C)C)cc1. The van der Waals surface area contributed by atoms with Crippen molar-refractivity contribution < 1.29 is 0 Å². The molecule has 1 spiro atoms. The number of fused-ring (bicyclic) bond motifs is 16. The van der Waals surface area contributed by atoms with Crippen molar-refractivity contribution in [1.29, 1.82) is 0 Å². The first-order valence-electron chi connectivity index (χ1n) is 22.6. The van der Waals surface area contributed by atoms with Crippen LogP contribution in [-0.2, 0) is 10.8 Å². The van der Waals surface area contributed by atoms with E-state index in [4.69, 9.17) is 0 Å². The van der Waals surface area contributed by atoms with Gasteiger partial charge in [-0.05, 0) is 145 Å². The van der Waals surface area contributed by atoms with E-state index in [1.165, 1.54) is 121 Å². The minimum Gasteiger partial charge on any atom is -0.311 e. The normalized spacial score (nSPS) is 14.7. The molecule has 0 unspecified atom stereocenters. The van der Waals surface area contributed by atoms with Crippen molar-refractivity contribution in [3.05, 3.63) is 209 Å². The Balaban J connectivity index is 1.12. The zero-order valence-corrected chi connectivity index (χ0v) is 37.4. The van der Waals surface area contributed by atoms with Crippen LogP contribution in [-0.4, -0.2) is 6.71 Å². The average molecular weight is 827 g/mol. The molecule has 0 bridgehead atoms.